The predicted octanol–water partition coefficient (Wildman–Crippen LogP) is 2.76. The molecule has 0 bridgehead atoms. The number of benzene rings is 1. The molecule has 0 saturated heterocycles. The van der Waals surface area contributed by atoms with E-state index in [1.165, 1.54) is 10.6 Å². The third-order valence-electron chi connectivity index (χ3n) is 4.29. The van der Waals surface area contributed by atoms with E-state index in [-0.39, 0.29) is 35.2 Å². The van der Waals surface area contributed by atoms with Crippen molar-refractivity contribution >= 4 is 17.5 Å². The third kappa shape index (κ3) is 3.02. The van der Waals surface area contributed by atoms with Crippen LogP contribution in [0.4, 0.5) is 14.5 Å². The second-order valence-corrected chi connectivity index (χ2v) is 6.91. The quantitative estimate of drug-likeness (QED) is 0.862. The molecule has 0 atom stereocenters. The molecule has 1 aromatic carbocycles. The lowest BCUT2D eigenvalue weighted by atomic mass is 10.1. The molecule has 138 valence electrons. The summed E-state index contributed by atoms with van der Waals surface area (Å²) >= 11 is 0. The normalized spacial score (nSPS) is 15.5. The van der Waals surface area contributed by atoms with Gasteiger partial charge in [0.2, 0.25) is 0 Å². The van der Waals surface area contributed by atoms with Crippen molar-refractivity contribution in [2.75, 3.05) is 11.9 Å². The van der Waals surface area contributed by atoms with Crippen molar-refractivity contribution in [3.05, 3.63) is 46.8 Å². The van der Waals surface area contributed by atoms with Gasteiger partial charge in [0.1, 0.15) is 12.2 Å². The van der Waals surface area contributed by atoms with E-state index in [9.17, 15) is 18.4 Å². The lowest BCUT2D eigenvalue weighted by Crippen LogP contribution is -2.46. The van der Waals surface area contributed by atoms with E-state index in [0.717, 1.165) is 12.1 Å². The summed E-state index contributed by atoms with van der Waals surface area (Å²) in [6.07, 6.45) is 0. The van der Waals surface area contributed by atoms with Crippen LogP contribution in [0.3, 0.4) is 0 Å². The summed E-state index contributed by atoms with van der Waals surface area (Å²) < 4.78 is 33.7. The molecule has 0 unspecified atom stereocenters. The van der Waals surface area contributed by atoms with Crippen LogP contribution in [0.1, 0.15) is 40.4 Å². The summed E-state index contributed by atoms with van der Waals surface area (Å²) in [4.78, 5) is 25.3. The molecule has 0 saturated carbocycles. The number of anilines is 1. The highest BCUT2D eigenvalue weighted by Crippen LogP contribution is 2.33. The number of nitrogens with one attached hydrogen (secondary N) is 2. The van der Waals surface area contributed by atoms with Gasteiger partial charge in [-0.1, -0.05) is 0 Å². The summed E-state index contributed by atoms with van der Waals surface area (Å²) in [6, 6.07) is 3.06. The van der Waals surface area contributed by atoms with Gasteiger partial charge in [0, 0.05) is 24.5 Å². The molecule has 2 amide bonds. The first kappa shape index (κ1) is 17.9. The Morgan fingerprint density at radius 3 is 2.65 bits per heavy atom. The molecule has 2 heterocycles. The monoisotopic (exact) mass is 363 g/mol. The maximum atomic E-state index is 13.4. The van der Waals surface area contributed by atoms with Gasteiger partial charge < -0.3 is 19.9 Å². The average Bonchev–Trinajstić information content (AvgIpc) is 2.72. The number of amides is 2. The fourth-order valence-corrected chi connectivity index (χ4v) is 2.86. The van der Waals surface area contributed by atoms with Crippen LogP contribution in [0.5, 0.6) is 5.75 Å². The highest BCUT2D eigenvalue weighted by Gasteiger charge is 2.35. The zero-order valence-corrected chi connectivity index (χ0v) is 14.9. The molecule has 0 aliphatic carbocycles. The molecule has 2 N–H and O–H groups in total. The van der Waals surface area contributed by atoms with E-state index >= 15 is 0 Å². The SMILES string of the molecule is Cc1c2c(c(C(=O)Nc3ccc(F)c(F)c3)n1C)OCC(C)(C)NC2=O. The number of hydrogen-bond acceptors (Lipinski definition) is 3. The van der Waals surface area contributed by atoms with Crippen LogP contribution < -0.4 is 15.4 Å². The minimum Gasteiger partial charge on any atom is -0.488 e. The number of nitrogens with zero attached hydrogens (tertiary/aromatic N) is 1. The summed E-state index contributed by atoms with van der Waals surface area (Å²) in [5, 5.41) is 5.37. The van der Waals surface area contributed by atoms with Crippen LogP contribution in [-0.2, 0) is 7.05 Å². The first-order valence-electron chi connectivity index (χ1n) is 8.02. The minimum atomic E-state index is -1.07. The van der Waals surface area contributed by atoms with Crippen LogP contribution in [0, 0.1) is 18.6 Å². The van der Waals surface area contributed by atoms with Crippen molar-refractivity contribution < 1.29 is 23.1 Å². The summed E-state index contributed by atoms with van der Waals surface area (Å²) in [6.45, 7) is 5.51. The Hall–Kier alpha value is -2.90. The molecule has 2 aromatic rings. The van der Waals surface area contributed by atoms with Gasteiger partial charge in [-0.2, -0.15) is 0 Å². The fourth-order valence-electron chi connectivity index (χ4n) is 2.86. The zero-order valence-electron chi connectivity index (χ0n) is 14.9. The first-order valence-corrected chi connectivity index (χ1v) is 8.02. The second kappa shape index (κ2) is 6.12. The maximum absolute atomic E-state index is 13.4. The molecule has 6 nitrogen and oxygen atoms in total. The van der Waals surface area contributed by atoms with Gasteiger partial charge in [0.15, 0.2) is 23.1 Å². The third-order valence-corrected chi connectivity index (χ3v) is 4.29. The van der Waals surface area contributed by atoms with Crippen LogP contribution in [0.25, 0.3) is 0 Å². The number of carbonyl (C=O) groups is 2. The van der Waals surface area contributed by atoms with Crippen molar-refractivity contribution in [3.8, 4) is 5.75 Å². The van der Waals surface area contributed by atoms with E-state index in [4.69, 9.17) is 4.74 Å². The lowest BCUT2D eigenvalue weighted by molar-refractivity contribution is 0.0905. The van der Waals surface area contributed by atoms with Gasteiger partial charge in [-0.3, -0.25) is 9.59 Å². The molecule has 1 aliphatic rings. The molecule has 3 rings (SSSR count). The van der Waals surface area contributed by atoms with Crippen molar-refractivity contribution in [1.82, 2.24) is 9.88 Å². The maximum Gasteiger partial charge on any atom is 0.276 e. The molecule has 8 heteroatoms. The van der Waals surface area contributed by atoms with Crippen molar-refractivity contribution in [3.63, 3.8) is 0 Å². The Kier molecular flexibility index (Phi) is 4.21. The Balaban J connectivity index is 2.01. The van der Waals surface area contributed by atoms with E-state index in [2.05, 4.69) is 10.6 Å². The van der Waals surface area contributed by atoms with Crippen LogP contribution in [-0.4, -0.2) is 28.5 Å². The Morgan fingerprint density at radius 2 is 2.00 bits per heavy atom. The van der Waals surface area contributed by atoms with Gasteiger partial charge in [0.25, 0.3) is 11.8 Å². The lowest BCUT2D eigenvalue weighted by Gasteiger charge is -2.23. The molecular formula is C18H19F2N3O3. The highest BCUT2D eigenvalue weighted by atomic mass is 19.2. The van der Waals surface area contributed by atoms with Crippen molar-refractivity contribution in [2.24, 2.45) is 7.05 Å². The van der Waals surface area contributed by atoms with Crippen LogP contribution >= 0.6 is 0 Å². The number of fused-ring (bicyclic) bond motifs is 1. The predicted molar refractivity (Wildman–Crippen MR) is 91.5 cm³/mol. The fraction of sp³-hybridized carbons (Fsp3) is 0.333. The van der Waals surface area contributed by atoms with Gasteiger partial charge in [-0.15, -0.1) is 0 Å². The zero-order chi connectivity index (χ0) is 19.2. The van der Waals surface area contributed by atoms with Gasteiger partial charge in [-0.05, 0) is 32.9 Å². The molecule has 26 heavy (non-hydrogen) atoms. The summed E-state index contributed by atoms with van der Waals surface area (Å²) in [5.74, 6) is -2.82. The Morgan fingerprint density at radius 1 is 1.31 bits per heavy atom. The van der Waals surface area contributed by atoms with E-state index in [0.29, 0.717) is 5.69 Å². The minimum absolute atomic E-state index is 0.0971. The second-order valence-electron chi connectivity index (χ2n) is 6.91. The number of rotatable bonds is 2. The molecule has 0 spiro atoms. The Labute approximate surface area is 149 Å². The van der Waals surface area contributed by atoms with Gasteiger partial charge >= 0.3 is 0 Å². The largest absolute Gasteiger partial charge is 0.488 e. The van der Waals surface area contributed by atoms with Crippen molar-refractivity contribution in [1.29, 1.82) is 0 Å². The average molecular weight is 363 g/mol. The molecular weight excluding hydrogens is 344 g/mol. The van der Waals surface area contributed by atoms with E-state index in [1.54, 1.807) is 14.0 Å². The number of halogens is 2. The van der Waals surface area contributed by atoms with Gasteiger partial charge in [0.05, 0.1) is 5.54 Å². The number of hydrogen-bond donors (Lipinski definition) is 2. The standard InChI is InChI=1S/C18H19F2N3O3/c1-9-13-15(26-8-18(2,3)22-16(13)24)14(23(9)4)17(25)21-10-5-6-11(19)12(20)7-10/h5-7H,8H2,1-4H3,(H,21,25)(H,22,24). The van der Waals surface area contributed by atoms with E-state index < -0.39 is 23.1 Å². The van der Waals surface area contributed by atoms with Gasteiger partial charge in [-0.25, -0.2) is 8.78 Å². The van der Waals surface area contributed by atoms with E-state index in [1.807, 2.05) is 13.8 Å². The molecule has 1 aliphatic heterocycles. The van der Waals surface area contributed by atoms with Crippen LogP contribution in [0.15, 0.2) is 18.2 Å². The molecule has 0 fully saturated rings. The number of aromatic nitrogens is 1. The van der Waals surface area contributed by atoms with Crippen molar-refractivity contribution in [2.45, 2.75) is 26.3 Å². The molecule has 1 aromatic heterocycles. The first-order chi connectivity index (χ1) is 12.1. The number of ether oxygens (including phenoxy) is 1. The molecule has 0 radical (unpaired) electrons. The van der Waals surface area contributed by atoms with Crippen LogP contribution in [0.2, 0.25) is 0 Å². The number of carbonyl (C=O) groups excluding carboxylic acids is 2. The topological polar surface area (TPSA) is 72.4 Å². The highest BCUT2D eigenvalue weighted by molar-refractivity contribution is 6.09. The smallest absolute Gasteiger partial charge is 0.276 e. The summed E-state index contributed by atoms with van der Waals surface area (Å²) in [7, 11) is 1.63. The summed E-state index contributed by atoms with van der Waals surface area (Å²) in [5.41, 5.74) is 0.483. The Bertz CT molecular complexity index is 919.